The molecule has 0 amide bonds. The van der Waals surface area contributed by atoms with Crippen molar-refractivity contribution in [3.05, 3.63) is 63.8 Å². The molecule has 0 aliphatic rings. The molecule has 3 N–H and O–H groups in total. The Morgan fingerprint density at radius 3 is 2.57 bits per heavy atom. The molecule has 0 unspecified atom stereocenters. The average molecular weight is 413 g/mol. The van der Waals surface area contributed by atoms with E-state index in [2.05, 4.69) is 25.6 Å². The molecule has 0 aliphatic heterocycles. The number of rotatable bonds is 5. The monoisotopic (exact) mass is 413 g/mol. The van der Waals surface area contributed by atoms with Gasteiger partial charge in [-0.25, -0.2) is 18.6 Å². The quantitative estimate of drug-likeness (QED) is 0.448. The number of ether oxygens (including phenoxy) is 1. The lowest BCUT2D eigenvalue weighted by Crippen LogP contribution is -2.04. The molecule has 8 nitrogen and oxygen atoms in total. The molecule has 154 valence electrons. The van der Waals surface area contributed by atoms with E-state index in [1.165, 1.54) is 13.2 Å². The van der Waals surface area contributed by atoms with E-state index in [0.717, 1.165) is 6.20 Å². The van der Waals surface area contributed by atoms with Gasteiger partial charge in [0.1, 0.15) is 0 Å². The third kappa shape index (κ3) is 3.66. The van der Waals surface area contributed by atoms with E-state index in [9.17, 15) is 13.6 Å². The van der Waals surface area contributed by atoms with E-state index < -0.39 is 17.4 Å². The number of fused-ring (bicyclic) bond motifs is 1. The molecular weight excluding hydrogens is 396 g/mol. The van der Waals surface area contributed by atoms with Gasteiger partial charge in [-0.2, -0.15) is 4.98 Å². The first kappa shape index (κ1) is 19.4. The van der Waals surface area contributed by atoms with E-state index in [1.54, 1.807) is 32.0 Å². The Morgan fingerprint density at radius 2 is 1.80 bits per heavy atom. The molecule has 0 saturated heterocycles. The predicted octanol–water partition coefficient (Wildman–Crippen LogP) is 4.30. The van der Waals surface area contributed by atoms with Gasteiger partial charge in [0.15, 0.2) is 28.8 Å². The van der Waals surface area contributed by atoms with E-state index >= 15 is 0 Å². The fourth-order valence-corrected chi connectivity index (χ4v) is 3.04. The number of H-pyrrole nitrogens is 1. The fourth-order valence-electron chi connectivity index (χ4n) is 3.04. The van der Waals surface area contributed by atoms with Gasteiger partial charge in [-0.1, -0.05) is 0 Å². The van der Waals surface area contributed by atoms with Gasteiger partial charge in [0, 0.05) is 17.4 Å². The molecule has 0 atom stereocenters. The summed E-state index contributed by atoms with van der Waals surface area (Å²) in [5.74, 6) is -1.63. The SMILES string of the molecule is COc1cc(Nc2ncc(F)c(Nc3cc(C)c4oc(=O)[nH]c4c3)n2)cc(C)c1F. The van der Waals surface area contributed by atoms with Crippen LogP contribution in [0.2, 0.25) is 0 Å². The minimum atomic E-state index is -0.674. The van der Waals surface area contributed by atoms with Crippen LogP contribution in [0.15, 0.2) is 39.7 Å². The second-order valence-corrected chi connectivity index (χ2v) is 6.63. The van der Waals surface area contributed by atoms with Crippen LogP contribution < -0.4 is 21.1 Å². The molecule has 2 aromatic heterocycles. The van der Waals surface area contributed by atoms with Gasteiger partial charge in [-0.15, -0.1) is 0 Å². The highest BCUT2D eigenvalue weighted by molar-refractivity contribution is 5.81. The Hall–Kier alpha value is -3.95. The van der Waals surface area contributed by atoms with Crippen LogP contribution in [0.1, 0.15) is 11.1 Å². The van der Waals surface area contributed by atoms with Crippen LogP contribution in [0, 0.1) is 25.5 Å². The van der Waals surface area contributed by atoms with Gasteiger partial charge in [0.2, 0.25) is 5.95 Å². The second kappa shape index (κ2) is 7.47. The number of hydrogen-bond acceptors (Lipinski definition) is 7. The summed E-state index contributed by atoms with van der Waals surface area (Å²) in [5, 5.41) is 5.78. The molecule has 4 rings (SSSR count). The highest BCUT2D eigenvalue weighted by Crippen LogP contribution is 2.28. The summed E-state index contributed by atoms with van der Waals surface area (Å²) in [7, 11) is 1.37. The third-order valence-corrected chi connectivity index (χ3v) is 4.41. The van der Waals surface area contributed by atoms with Crippen LogP contribution in [0.3, 0.4) is 0 Å². The van der Waals surface area contributed by atoms with Crippen molar-refractivity contribution in [1.29, 1.82) is 0 Å². The topological polar surface area (TPSA) is 105 Å². The lowest BCUT2D eigenvalue weighted by atomic mass is 10.2. The number of anilines is 4. The van der Waals surface area contributed by atoms with E-state index in [1.807, 2.05) is 0 Å². The number of methoxy groups -OCH3 is 1. The number of hydrogen-bond donors (Lipinski definition) is 3. The van der Waals surface area contributed by atoms with Crippen LogP contribution in [0.5, 0.6) is 5.75 Å². The number of aromatic amines is 1. The molecule has 4 aromatic rings. The zero-order valence-corrected chi connectivity index (χ0v) is 16.3. The van der Waals surface area contributed by atoms with Gasteiger partial charge >= 0.3 is 5.76 Å². The summed E-state index contributed by atoms with van der Waals surface area (Å²) in [6.45, 7) is 3.36. The maximum absolute atomic E-state index is 14.3. The Bertz CT molecular complexity index is 1320. The second-order valence-electron chi connectivity index (χ2n) is 6.63. The molecule has 2 heterocycles. The first-order valence-corrected chi connectivity index (χ1v) is 8.88. The number of nitrogens with zero attached hydrogens (tertiary/aromatic N) is 2. The van der Waals surface area contributed by atoms with Crippen LogP contribution in [-0.4, -0.2) is 22.1 Å². The molecule has 0 radical (unpaired) electrons. The Labute approximate surface area is 168 Å². The number of nitrogens with one attached hydrogen (secondary N) is 3. The molecule has 0 aliphatic carbocycles. The summed E-state index contributed by atoms with van der Waals surface area (Å²) >= 11 is 0. The van der Waals surface area contributed by atoms with Crippen molar-refractivity contribution >= 4 is 34.2 Å². The average Bonchev–Trinajstić information content (AvgIpc) is 3.08. The lowest BCUT2D eigenvalue weighted by molar-refractivity contribution is 0.385. The maximum atomic E-state index is 14.3. The van der Waals surface area contributed by atoms with Crippen molar-refractivity contribution in [2.24, 2.45) is 0 Å². The number of oxazole rings is 1. The summed E-state index contributed by atoms with van der Waals surface area (Å²) in [6, 6.07) is 6.32. The highest BCUT2D eigenvalue weighted by atomic mass is 19.1. The molecule has 0 bridgehead atoms. The number of halogens is 2. The predicted molar refractivity (Wildman–Crippen MR) is 108 cm³/mol. The third-order valence-electron chi connectivity index (χ3n) is 4.41. The fraction of sp³-hybridized carbons (Fsp3) is 0.150. The first-order valence-electron chi connectivity index (χ1n) is 8.88. The Balaban J connectivity index is 1.64. The van der Waals surface area contributed by atoms with Crippen molar-refractivity contribution in [2.75, 3.05) is 17.7 Å². The van der Waals surface area contributed by atoms with Crippen molar-refractivity contribution in [3.63, 3.8) is 0 Å². The minimum Gasteiger partial charge on any atom is -0.494 e. The van der Waals surface area contributed by atoms with Crippen LogP contribution >= 0.6 is 0 Å². The van der Waals surface area contributed by atoms with Crippen LogP contribution in [-0.2, 0) is 0 Å². The van der Waals surface area contributed by atoms with Crippen LogP contribution in [0.25, 0.3) is 11.1 Å². The molecule has 30 heavy (non-hydrogen) atoms. The molecule has 0 spiro atoms. The molecule has 2 aromatic carbocycles. The Morgan fingerprint density at radius 1 is 1.07 bits per heavy atom. The smallest absolute Gasteiger partial charge is 0.417 e. The Kier molecular flexibility index (Phi) is 4.82. The normalized spacial score (nSPS) is 11.0. The summed E-state index contributed by atoms with van der Waals surface area (Å²) in [6.07, 6.45) is 1.01. The van der Waals surface area contributed by atoms with Crippen molar-refractivity contribution in [1.82, 2.24) is 15.0 Å². The zero-order chi connectivity index (χ0) is 21.4. The number of benzene rings is 2. The zero-order valence-electron chi connectivity index (χ0n) is 16.3. The number of aromatic nitrogens is 3. The molecule has 10 heteroatoms. The van der Waals surface area contributed by atoms with E-state index in [0.29, 0.717) is 33.6 Å². The van der Waals surface area contributed by atoms with E-state index in [4.69, 9.17) is 9.15 Å². The maximum Gasteiger partial charge on any atom is 0.417 e. The van der Waals surface area contributed by atoms with Crippen molar-refractivity contribution in [3.8, 4) is 5.75 Å². The van der Waals surface area contributed by atoms with Crippen molar-refractivity contribution < 1.29 is 17.9 Å². The van der Waals surface area contributed by atoms with Gasteiger partial charge in [0.25, 0.3) is 0 Å². The minimum absolute atomic E-state index is 0.0656. The van der Waals surface area contributed by atoms with Crippen LogP contribution in [0.4, 0.5) is 31.9 Å². The molecular formula is C20H17F2N5O3. The first-order chi connectivity index (χ1) is 14.3. The van der Waals surface area contributed by atoms with Gasteiger partial charge < -0.3 is 19.8 Å². The van der Waals surface area contributed by atoms with Crippen molar-refractivity contribution in [2.45, 2.75) is 13.8 Å². The van der Waals surface area contributed by atoms with Gasteiger partial charge in [0.05, 0.1) is 18.8 Å². The summed E-state index contributed by atoms with van der Waals surface area (Å²) in [5.41, 5.74) is 2.95. The van der Waals surface area contributed by atoms with Gasteiger partial charge in [-0.05, 0) is 43.2 Å². The molecule has 0 fully saturated rings. The van der Waals surface area contributed by atoms with Gasteiger partial charge in [-0.3, -0.25) is 4.98 Å². The standard InChI is InChI=1S/C20H17F2N5O3/c1-9-4-12(7-15(29-3)16(9)22)25-19-23-8-13(21)18(27-19)24-11-5-10(2)17-14(6-11)26-20(28)30-17/h4-8H,1-3H3,(H,26,28)(H2,23,24,25,27). The highest BCUT2D eigenvalue weighted by Gasteiger charge is 2.13. The van der Waals surface area contributed by atoms with E-state index in [-0.39, 0.29) is 17.5 Å². The molecule has 0 saturated carbocycles. The lowest BCUT2D eigenvalue weighted by Gasteiger charge is -2.12. The largest absolute Gasteiger partial charge is 0.494 e. The number of aryl methyl sites for hydroxylation is 2. The summed E-state index contributed by atoms with van der Waals surface area (Å²) < 4.78 is 38.3. The summed E-state index contributed by atoms with van der Waals surface area (Å²) in [4.78, 5) is 22.0.